The maximum atomic E-state index is 12.5. The largest absolute Gasteiger partial charge is 0.497 e. The van der Waals surface area contributed by atoms with Gasteiger partial charge in [-0.15, -0.1) is 0 Å². The summed E-state index contributed by atoms with van der Waals surface area (Å²) >= 11 is 0. The fourth-order valence-electron chi connectivity index (χ4n) is 3.15. The lowest BCUT2D eigenvalue weighted by Gasteiger charge is -2.15. The van der Waals surface area contributed by atoms with Crippen molar-refractivity contribution in [1.82, 2.24) is 15.3 Å². The number of aromatic nitrogens is 2. The third-order valence-electron chi connectivity index (χ3n) is 4.49. The van der Waals surface area contributed by atoms with Crippen LogP contribution in [0.15, 0.2) is 54.5 Å². The van der Waals surface area contributed by atoms with Crippen LogP contribution in [0, 0.1) is 0 Å². The first kappa shape index (κ1) is 16.1. The summed E-state index contributed by atoms with van der Waals surface area (Å²) in [5.41, 5.74) is 3.02. The SMILES string of the molecule is COc1ccc2[nH]cc(CCNC3=CC(=O)c4ncccc4C3=O)c2c1. The van der Waals surface area contributed by atoms with E-state index in [0.29, 0.717) is 24.2 Å². The first-order valence-corrected chi connectivity index (χ1v) is 8.31. The van der Waals surface area contributed by atoms with E-state index in [1.54, 1.807) is 19.2 Å². The molecule has 2 N–H and O–H groups in total. The van der Waals surface area contributed by atoms with Crippen LogP contribution in [0.4, 0.5) is 0 Å². The quantitative estimate of drug-likeness (QED) is 0.741. The number of methoxy groups -OCH3 is 1. The number of nitrogens with one attached hydrogen (secondary N) is 2. The Morgan fingerprint density at radius 3 is 2.96 bits per heavy atom. The Morgan fingerprint density at radius 2 is 2.12 bits per heavy atom. The van der Waals surface area contributed by atoms with Crippen LogP contribution >= 0.6 is 0 Å². The van der Waals surface area contributed by atoms with Gasteiger partial charge in [-0.1, -0.05) is 0 Å². The predicted octanol–water partition coefficient (Wildman–Crippen LogP) is 2.67. The van der Waals surface area contributed by atoms with E-state index in [4.69, 9.17) is 4.74 Å². The van der Waals surface area contributed by atoms with Crippen LogP contribution in [-0.4, -0.2) is 35.2 Å². The van der Waals surface area contributed by atoms with Crippen molar-refractivity contribution in [2.24, 2.45) is 0 Å². The van der Waals surface area contributed by atoms with Gasteiger partial charge in [-0.3, -0.25) is 14.6 Å². The van der Waals surface area contributed by atoms with Crippen molar-refractivity contribution >= 4 is 22.5 Å². The number of hydrogen-bond acceptors (Lipinski definition) is 5. The van der Waals surface area contributed by atoms with E-state index in [0.717, 1.165) is 22.2 Å². The molecule has 4 rings (SSSR count). The number of rotatable bonds is 5. The molecule has 1 aromatic carbocycles. The maximum absolute atomic E-state index is 12.5. The Hall–Kier alpha value is -3.41. The molecule has 0 bridgehead atoms. The van der Waals surface area contributed by atoms with Crippen LogP contribution in [0.25, 0.3) is 10.9 Å². The van der Waals surface area contributed by atoms with E-state index < -0.39 is 0 Å². The third-order valence-corrected chi connectivity index (χ3v) is 4.49. The van der Waals surface area contributed by atoms with Crippen LogP contribution in [0.5, 0.6) is 5.75 Å². The van der Waals surface area contributed by atoms with Gasteiger partial charge >= 0.3 is 0 Å². The standard InChI is InChI=1S/C20H17N3O3/c1-26-13-4-5-16-15(9-13)12(11-23-16)6-8-21-17-10-18(24)19-14(20(17)25)3-2-7-22-19/h2-5,7,9-11,21,23H,6,8H2,1H3. The average molecular weight is 347 g/mol. The zero-order valence-corrected chi connectivity index (χ0v) is 14.2. The van der Waals surface area contributed by atoms with Crippen molar-refractivity contribution in [1.29, 1.82) is 0 Å². The van der Waals surface area contributed by atoms with Gasteiger partial charge in [-0.05, 0) is 42.3 Å². The van der Waals surface area contributed by atoms with Crippen molar-refractivity contribution in [2.75, 3.05) is 13.7 Å². The van der Waals surface area contributed by atoms with E-state index in [9.17, 15) is 9.59 Å². The molecule has 6 heteroatoms. The molecule has 3 aromatic rings. The topological polar surface area (TPSA) is 84.1 Å². The molecule has 26 heavy (non-hydrogen) atoms. The summed E-state index contributed by atoms with van der Waals surface area (Å²) < 4.78 is 5.28. The molecule has 0 atom stereocenters. The molecule has 0 saturated carbocycles. The van der Waals surface area contributed by atoms with Gasteiger partial charge in [0.15, 0.2) is 0 Å². The number of pyridine rings is 1. The molecule has 1 aliphatic carbocycles. The number of nitrogens with zero attached hydrogens (tertiary/aromatic N) is 1. The van der Waals surface area contributed by atoms with E-state index >= 15 is 0 Å². The summed E-state index contributed by atoms with van der Waals surface area (Å²) in [6.07, 6.45) is 5.50. The number of hydrogen-bond donors (Lipinski definition) is 2. The number of aromatic amines is 1. The molecule has 130 valence electrons. The van der Waals surface area contributed by atoms with Crippen molar-refractivity contribution in [2.45, 2.75) is 6.42 Å². The fourth-order valence-corrected chi connectivity index (χ4v) is 3.15. The summed E-state index contributed by atoms with van der Waals surface area (Å²) in [6.45, 7) is 0.532. The van der Waals surface area contributed by atoms with Crippen molar-refractivity contribution < 1.29 is 14.3 Å². The summed E-state index contributed by atoms with van der Waals surface area (Å²) in [4.78, 5) is 31.9. The minimum Gasteiger partial charge on any atom is -0.497 e. The predicted molar refractivity (Wildman–Crippen MR) is 97.5 cm³/mol. The van der Waals surface area contributed by atoms with E-state index in [2.05, 4.69) is 15.3 Å². The Kier molecular flexibility index (Phi) is 4.01. The summed E-state index contributed by atoms with van der Waals surface area (Å²) in [7, 11) is 1.64. The van der Waals surface area contributed by atoms with Gasteiger partial charge in [0.2, 0.25) is 11.6 Å². The molecule has 0 aliphatic heterocycles. The molecule has 0 unspecified atom stereocenters. The number of Topliss-reactive ketones (excluding diaryl/α,β-unsaturated/α-hetero) is 1. The lowest BCUT2D eigenvalue weighted by molar-refractivity contribution is 0.0975. The molecule has 2 aromatic heterocycles. The van der Waals surface area contributed by atoms with Crippen LogP contribution in [0.3, 0.4) is 0 Å². The number of carbonyl (C=O) groups excluding carboxylic acids is 2. The van der Waals surface area contributed by atoms with Gasteiger partial charge in [-0.25, -0.2) is 0 Å². The number of fused-ring (bicyclic) bond motifs is 2. The Balaban J connectivity index is 1.49. The van der Waals surface area contributed by atoms with Crippen LogP contribution in [-0.2, 0) is 6.42 Å². The second-order valence-corrected chi connectivity index (χ2v) is 6.05. The highest BCUT2D eigenvalue weighted by Crippen LogP contribution is 2.24. The fraction of sp³-hybridized carbons (Fsp3) is 0.150. The highest BCUT2D eigenvalue weighted by atomic mass is 16.5. The molecule has 0 radical (unpaired) electrons. The number of ketones is 2. The van der Waals surface area contributed by atoms with Crippen LogP contribution in [0.2, 0.25) is 0 Å². The molecular weight excluding hydrogens is 330 g/mol. The molecule has 6 nitrogen and oxygen atoms in total. The molecule has 0 saturated heterocycles. The van der Waals surface area contributed by atoms with Crippen LogP contribution < -0.4 is 10.1 Å². The number of H-pyrrole nitrogens is 1. The zero-order chi connectivity index (χ0) is 18.1. The van der Waals surface area contributed by atoms with Gasteiger partial charge in [-0.2, -0.15) is 0 Å². The van der Waals surface area contributed by atoms with E-state index in [-0.39, 0.29) is 17.3 Å². The van der Waals surface area contributed by atoms with Crippen LogP contribution in [0.1, 0.15) is 26.4 Å². The van der Waals surface area contributed by atoms with Crippen molar-refractivity contribution in [3.05, 3.63) is 71.3 Å². The smallest absolute Gasteiger partial charge is 0.211 e. The first-order valence-electron chi connectivity index (χ1n) is 8.31. The van der Waals surface area contributed by atoms with Crippen molar-refractivity contribution in [3.63, 3.8) is 0 Å². The summed E-state index contributed by atoms with van der Waals surface area (Å²) in [6, 6.07) is 9.15. The molecule has 2 heterocycles. The minimum absolute atomic E-state index is 0.201. The monoisotopic (exact) mass is 347 g/mol. The minimum atomic E-state index is -0.250. The molecular formula is C20H17N3O3. The number of ether oxygens (including phenoxy) is 1. The van der Waals surface area contributed by atoms with Gasteiger partial charge in [0.05, 0.1) is 18.4 Å². The lowest BCUT2D eigenvalue weighted by Crippen LogP contribution is -2.28. The highest BCUT2D eigenvalue weighted by molar-refractivity contribution is 6.23. The Labute approximate surface area is 149 Å². The van der Waals surface area contributed by atoms with E-state index in [1.165, 1.54) is 12.3 Å². The second kappa shape index (κ2) is 6.48. The van der Waals surface area contributed by atoms with Gasteiger partial charge in [0.1, 0.15) is 11.4 Å². The Bertz CT molecular complexity index is 1050. The number of allylic oxidation sites excluding steroid dienone is 2. The number of benzene rings is 1. The lowest BCUT2D eigenvalue weighted by atomic mass is 9.97. The highest BCUT2D eigenvalue weighted by Gasteiger charge is 2.26. The van der Waals surface area contributed by atoms with Gasteiger partial charge in [0.25, 0.3) is 0 Å². The zero-order valence-electron chi connectivity index (χ0n) is 14.2. The molecule has 0 fully saturated rings. The van der Waals surface area contributed by atoms with Gasteiger partial charge < -0.3 is 15.0 Å². The summed E-state index contributed by atoms with van der Waals surface area (Å²) in [5, 5.41) is 4.18. The maximum Gasteiger partial charge on any atom is 0.211 e. The molecule has 0 spiro atoms. The van der Waals surface area contributed by atoms with E-state index in [1.807, 2.05) is 24.4 Å². The third kappa shape index (κ3) is 2.75. The summed E-state index contributed by atoms with van der Waals surface area (Å²) in [5.74, 6) is 0.346. The number of carbonyl (C=O) groups is 2. The first-order chi connectivity index (χ1) is 12.7. The molecule has 0 amide bonds. The Morgan fingerprint density at radius 1 is 1.23 bits per heavy atom. The van der Waals surface area contributed by atoms with Gasteiger partial charge in [0, 0.05) is 35.9 Å². The molecule has 1 aliphatic rings. The second-order valence-electron chi connectivity index (χ2n) is 6.05. The normalized spacial score (nSPS) is 13.5. The average Bonchev–Trinajstić information content (AvgIpc) is 3.08. The van der Waals surface area contributed by atoms with Crippen molar-refractivity contribution in [3.8, 4) is 5.75 Å².